The number of nitrogens with zero attached hydrogens (tertiary/aromatic N) is 4. The molecule has 2 aromatic heterocycles. The number of phenols is 1. The van der Waals surface area contributed by atoms with Crippen molar-refractivity contribution in [3.05, 3.63) is 36.2 Å². The summed E-state index contributed by atoms with van der Waals surface area (Å²) < 4.78 is 20.9. The maximum atomic E-state index is 13.8. The van der Waals surface area contributed by atoms with Gasteiger partial charge in [-0.25, -0.2) is 4.98 Å². The number of hydrogen-bond donors (Lipinski definition) is 2. The van der Waals surface area contributed by atoms with Crippen LogP contribution in [0.1, 0.15) is 18.2 Å². The van der Waals surface area contributed by atoms with Gasteiger partial charge in [0.15, 0.2) is 17.0 Å². The topological polar surface area (TPSA) is 85.1 Å². The molecule has 0 radical (unpaired) electrons. The van der Waals surface area contributed by atoms with Gasteiger partial charge < -0.3 is 15.2 Å². The number of ether oxygens (including phenoxy) is 1. The lowest BCUT2D eigenvalue weighted by atomic mass is 10.2. The molecule has 0 amide bonds. The summed E-state index contributed by atoms with van der Waals surface area (Å²) in [4.78, 5) is 11.9. The van der Waals surface area contributed by atoms with Crippen LogP contribution in [0.25, 0.3) is 11.2 Å². The van der Waals surface area contributed by atoms with Gasteiger partial charge in [0.05, 0.1) is 12.9 Å². The molecule has 0 spiro atoms. The lowest BCUT2D eigenvalue weighted by molar-refractivity contribution is -0.0974. The van der Waals surface area contributed by atoms with Crippen molar-refractivity contribution in [1.82, 2.24) is 19.5 Å². The molecule has 4 rings (SSSR count). The average molecular weight is 315 g/mol. The lowest BCUT2D eigenvalue weighted by Gasteiger charge is -2.27. The highest BCUT2D eigenvalue weighted by molar-refractivity contribution is 5.85. The number of aromatic hydroxyl groups is 1. The fourth-order valence-corrected chi connectivity index (χ4v) is 2.50. The number of aryl methyl sites for hydroxylation is 1. The van der Waals surface area contributed by atoms with Gasteiger partial charge in [0.1, 0.15) is 12.0 Å². The van der Waals surface area contributed by atoms with Gasteiger partial charge in [-0.1, -0.05) is 0 Å². The number of anilines is 2. The van der Waals surface area contributed by atoms with Gasteiger partial charge in [0, 0.05) is 12.1 Å². The zero-order valence-corrected chi connectivity index (χ0v) is 12.3. The first kappa shape index (κ1) is 13.9. The zero-order chi connectivity index (χ0) is 16.0. The predicted octanol–water partition coefficient (Wildman–Crippen LogP) is 2.64. The van der Waals surface area contributed by atoms with E-state index in [2.05, 4.69) is 20.3 Å². The number of benzene rings is 1. The van der Waals surface area contributed by atoms with Crippen LogP contribution in [0.2, 0.25) is 0 Å². The van der Waals surface area contributed by atoms with Gasteiger partial charge in [0.2, 0.25) is 0 Å². The molecule has 23 heavy (non-hydrogen) atoms. The maximum absolute atomic E-state index is 13.8. The third-order valence-corrected chi connectivity index (χ3v) is 3.84. The quantitative estimate of drug-likeness (QED) is 0.571. The van der Waals surface area contributed by atoms with Crippen LogP contribution in [0.3, 0.4) is 0 Å². The van der Waals surface area contributed by atoms with E-state index in [1.54, 1.807) is 36.0 Å². The molecule has 3 heterocycles. The number of imidazole rings is 1. The van der Waals surface area contributed by atoms with Gasteiger partial charge in [-0.15, -0.1) is 0 Å². The highest BCUT2D eigenvalue weighted by atomic mass is 19.1. The molecule has 0 bridgehead atoms. The summed E-state index contributed by atoms with van der Waals surface area (Å²) in [7, 11) is 0. The Bertz CT molecular complexity index is 891. The predicted molar refractivity (Wildman–Crippen MR) is 81.0 cm³/mol. The Morgan fingerprint density at radius 2 is 2.22 bits per heavy atom. The first-order valence-corrected chi connectivity index (χ1v) is 7.20. The molecule has 0 saturated carbocycles. The Labute approximate surface area is 130 Å². The van der Waals surface area contributed by atoms with Crippen molar-refractivity contribution >= 4 is 22.7 Å². The summed E-state index contributed by atoms with van der Waals surface area (Å²) in [5, 5.41) is 12.6. The summed E-state index contributed by atoms with van der Waals surface area (Å²) >= 11 is 0. The van der Waals surface area contributed by atoms with E-state index in [-0.39, 0.29) is 17.8 Å². The average Bonchev–Trinajstić information content (AvgIpc) is 2.85. The largest absolute Gasteiger partial charge is 0.508 e. The third-order valence-electron chi connectivity index (χ3n) is 3.84. The Morgan fingerprint density at radius 1 is 1.39 bits per heavy atom. The molecule has 3 aromatic rings. The van der Waals surface area contributed by atoms with Crippen molar-refractivity contribution in [1.29, 1.82) is 0 Å². The normalized spacial score (nSPS) is 17.2. The molecule has 8 heteroatoms. The molecule has 1 unspecified atom stereocenters. The molecule has 1 atom stereocenters. The third kappa shape index (κ3) is 2.36. The second-order valence-electron chi connectivity index (χ2n) is 5.41. The van der Waals surface area contributed by atoms with Crippen LogP contribution in [-0.2, 0) is 4.74 Å². The van der Waals surface area contributed by atoms with E-state index >= 15 is 0 Å². The number of aromatic nitrogens is 4. The number of phenolic OH excluding ortho intramolecular Hbond substituents is 1. The zero-order valence-electron chi connectivity index (χ0n) is 12.3. The Kier molecular flexibility index (Phi) is 3.12. The molecule has 2 N–H and O–H groups in total. The highest BCUT2D eigenvalue weighted by Crippen LogP contribution is 2.30. The minimum atomic E-state index is -0.837. The molecule has 1 aromatic carbocycles. The molecule has 118 valence electrons. The fourth-order valence-electron chi connectivity index (χ4n) is 2.50. The van der Waals surface area contributed by atoms with E-state index in [9.17, 15) is 9.50 Å². The Balaban J connectivity index is 1.76. The van der Waals surface area contributed by atoms with Crippen molar-refractivity contribution in [2.75, 3.05) is 11.9 Å². The van der Waals surface area contributed by atoms with Crippen LogP contribution in [0.5, 0.6) is 5.75 Å². The maximum Gasteiger partial charge on any atom is 0.312 e. The van der Waals surface area contributed by atoms with Crippen molar-refractivity contribution in [3.63, 3.8) is 0 Å². The second kappa shape index (κ2) is 5.17. The number of hydrogen-bond acceptors (Lipinski definition) is 6. The number of halogens is 1. The van der Waals surface area contributed by atoms with Crippen LogP contribution >= 0.6 is 0 Å². The molecule has 0 aliphatic carbocycles. The number of fused-ring (bicyclic) bond motifs is 1. The smallest absolute Gasteiger partial charge is 0.312 e. The molecular weight excluding hydrogens is 301 g/mol. The highest BCUT2D eigenvalue weighted by Gasteiger charge is 2.24. The van der Waals surface area contributed by atoms with Gasteiger partial charge in [0.25, 0.3) is 0 Å². The summed E-state index contributed by atoms with van der Waals surface area (Å²) in [6, 6.07) is 4.99. The molecule has 1 aliphatic rings. The van der Waals surface area contributed by atoms with Gasteiger partial charge >= 0.3 is 6.08 Å². The van der Waals surface area contributed by atoms with E-state index in [1.807, 2.05) is 0 Å². The lowest BCUT2D eigenvalue weighted by Crippen LogP contribution is -2.24. The van der Waals surface area contributed by atoms with E-state index in [1.165, 1.54) is 0 Å². The van der Waals surface area contributed by atoms with Crippen molar-refractivity contribution in [3.8, 4) is 5.75 Å². The summed E-state index contributed by atoms with van der Waals surface area (Å²) in [5.41, 5.74) is 2.23. The van der Waals surface area contributed by atoms with Crippen LogP contribution in [0.15, 0.2) is 24.5 Å². The van der Waals surface area contributed by atoms with Crippen LogP contribution in [0, 0.1) is 13.0 Å². The monoisotopic (exact) mass is 315 g/mol. The molecule has 1 saturated heterocycles. The Morgan fingerprint density at radius 3 is 2.91 bits per heavy atom. The minimum absolute atomic E-state index is 0.155. The molecule has 1 fully saturated rings. The summed E-state index contributed by atoms with van der Waals surface area (Å²) in [6.45, 7) is 2.45. The molecule has 7 nitrogen and oxygen atoms in total. The summed E-state index contributed by atoms with van der Waals surface area (Å²) in [5.74, 6) is 0.469. The van der Waals surface area contributed by atoms with Crippen molar-refractivity contribution in [2.45, 2.75) is 19.6 Å². The van der Waals surface area contributed by atoms with E-state index in [0.29, 0.717) is 29.0 Å². The minimum Gasteiger partial charge on any atom is -0.508 e. The fraction of sp³-hybridized carbons (Fsp3) is 0.267. The SMILES string of the molecule is Cc1cc(Nc2nc(F)nc3c2ncn3C2CCO2)ccc1O. The van der Waals surface area contributed by atoms with Crippen LogP contribution < -0.4 is 5.32 Å². The molecule has 1 aliphatic heterocycles. The van der Waals surface area contributed by atoms with Crippen molar-refractivity contribution < 1.29 is 14.2 Å². The number of rotatable bonds is 3. The van der Waals surface area contributed by atoms with Gasteiger partial charge in [-0.3, -0.25) is 4.57 Å². The van der Waals surface area contributed by atoms with Crippen LogP contribution in [-0.4, -0.2) is 31.2 Å². The van der Waals surface area contributed by atoms with Crippen LogP contribution in [0.4, 0.5) is 15.9 Å². The first-order chi connectivity index (χ1) is 11.1. The summed E-state index contributed by atoms with van der Waals surface area (Å²) in [6.07, 6.45) is 1.43. The first-order valence-electron chi connectivity index (χ1n) is 7.20. The van der Waals surface area contributed by atoms with E-state index < -0.39 is 6.08 Å². The van der Waals surface area contributed by atoms with E-state index in [0.717, 1.165) is 6.42 Å². The second-order valence-corrected chi connectivity index (χ2v) is 5.41. The van der Waals surface area contributed by atoms with Crippen molar-refractivity contribution in [2.24, 2.45) is 0 Å². The van der Waals surface area contributed by atoms with Gasteiger partial charge in [-0.05, 0) is 30.7 Å². The standard InChI is InChI=1S/C15H14FN5O2/c1-8-6-9(2-3-10(8)22)18-13-12-14(20-15(16)19-13)21(7-17-12)11-4-5-23-11/h2-3,6-7,11,22H,4-5H2,1H3,(H,18,19,20). The van der Waals surface area contributed by atoms with E-state index in [4.69, 9.17) is 4.74 Å². The molecular formula is C15H14FN5O2. The van der Waals surface area contributed by atoms with Gasteiger partial charge in [-0.2, -0.15) is 14.4 Å². The Hall–Kier alpha value is -2.74. The number of nitrogens with one attached hydrogen (secondary N) is 1.